The molecule has 1 amide bonds. The average molecular weight is 293 g/mol. The van der Waals surface area contributed by atoms with Crippen molar-refractivity contribution in [3.63, 3.8) is 0 Å². The summed E-state index contributed by atoms with van der Waals surface area (Å²) in [5.41, 5.74) is 0. The predicted molar refractivity (Wildman–Crippen MR) is 78.8 cm³/mol. The smallest absolute Gasteiger partial charge is 0.323 e. The largest absolute Gasteiger partial charge is 0.480 e. The highest BCUT2D eigenvalue weighted by molar-refractivity contribution is 8.00. The first-order valence-electron chi connectivity index (χ1n) is 6.86. The SMILES string of the molecule is O=C(O)CN(C(=O)CSc1ccccc1)C1CCCC1. The van der Waals surface area contributed by atoms with Crippen LogP contribution in [0, 0.1) is 0 Å². The van der Waals surface area contributed by atoms with E-state index in [1.807, 2.05) is 30.3 Å². The first-order valence-corrected chi connectivity index (χ1v) is 7.84. The van der Waals surface area contributed by atoms with E-state index in [2.05, 4.69) is 0 Å². The van der Waals surface area contributed by atoms with E-state index in [4.69, 9.17) is 5.11 Å². The molecule has 1 N–H and O–H groups in total. The highest BCUT2D eigenvalue weighted by Crippen LogP contribution is 2.25. The predicted octanol–water partition coefficient (Wildman–Crippen LogP) is 2.63. The third kappa shape index (κ3) is 4.27. The summed E-state index contributed by atoms with van der Waals surface area (Å²) >= 11 is 1.46. The number of carbonyl (C=O) groups is 2. The van der Waals surface area contributed by atoms with Crippen LogP contribution in [0.3, 0.4) is 0 Å². The van der Waals surface area contributed by atoms with Crippen molar-refractivity contribution in [3.05, 3.63) is 30.3 Å². The van der Waals surface area contributed by atoms with Crippen molar-refractivity contribution in [2.45, 2.75) is 36.6 Å². The summed E-state index contributed by atoms with van der Waals surface area (Å²) in [6.07, 6.45) is 4.02. The molecule has 1 aromatic carbocycles. The van der Waals surface area contributed by atoms with Crippen LogP contribution < -0.4 is 0 Å². The summed E-state index contributed by atoms with van der Waals surface area (Å²) in [6, 6.07) is 9.80. The second kappa shape index (κ2) is 7.33. The van der Waals surface area contributed by atoms with Crippen molar-refractivity contribution in [2.75, 3.05) is 12.3 Å². The molecule has 20 heavy (non-hydrogen) atoms. The lowest BCUT2D eigenvalue weighted by molar-refractivity contribution is -0.145. The molecule has 5 heteroatoms. The molecule has 0 heterocycles. The number of nitrogens with zero attached hydrogens (tertiary/aromatic N) is 1. The minimum absolute atomic E-state index is 0.0758. The molecule has 1 aliphatic carbocycles. The van der Waals surface area contributed by atoms with Gasteiger partial charge in [0.05, 0.1) is 5.75 Å². The maximum absolute atomic E-state index is 12.3. The Balaban J connectivity index is 1.93. The summed E-state index contributed by atoms with van der Waals surface area (Å²) < 4.78 is 0. The number of benzene rings is 1. The van der Waals surface area contributed by atoms with Crippen LogP contribution >= 0.6 is 11.8 Å². The summed E-state index contributed by atoms with van der Waals surface area (Å²) in [6.45, 7) is -0.182. The van der Waals surface area contributed by atoms with Crippen LogP contribution in [0.4, 0.5) is 0 Å². The van der Waals surface area contributed by atoms with Crippen LogP contribution in [0.15, 0.2) is 35.2 Å². The highest BCUT2D eigenvalue weighted by atomic mass is 32.2. The molecule has 0 atom stereocenters. The molecule has 0 aliphatic heterocycles. The minimum Gasteiger partial charge on any atom is -0.480 e. The molecule has 0 bridgehead atoms. The van der Waals surface area contributed by atoms with Crippen molar-refractivity contribution in [1.82, 2.24) is 4.90 Å². The van der Waals surface area contributed by atoms with E-state index >= 15 is 0 Å². The Bertz CT molecular complexity index is 457. The molecule has 1 aliphatic rings. The van der Waals surface area contributed by atoms with Gasteiger partial charge < -0.3 is 10.0 Å². The van der Waals surface area contributed by atoms with Gasteiger partial charge in [-0.1, -0.05) is 31.0 Å². The first-order chi connectivity index (χ1) is 9.66. The average Bonchev–Trinajstić information content (AvgIpc) is 2.97. The van der Waals surface area contributed by atoms with Crippen LogP contribution in [0.5, 0.6) is 0 Å². The van der Waals surface area contributed by atoms with Crippen molar-refractivity contribution in [1.29, 1.82) is 0 Å². The van der Waals surface area contributed by atoms with Crippen molar-refractivity contribution in [3.8, 4) is 0 Å². The zero-order valence-corrected chi connectivity index (χ0v) is 12.1. The van der Waals surface area contributed by atoms with E-state index in [9.17, 15) is 9.59 Å². The van der Waals surface area contributed by atoms with Gasteiger partial charge in [0.15, 0.2) is 0 Å². The number of hydrogen-bond donors (Lipinski definition) is 1. The number of carbonyl (C=O) groups excluding carboxylic acids is 1. The molecule has 0 aromatic heterocycles. The van der Waals surface area contributed by atoms with E-state index in [0.717, 1.165) is 30.6 Å². The third-order valence-electron chi connectivity index (χ3n) is 3.50. The monoisotopic (exact) mass is 293 g/mol. The van der Waals surface area contributed by atoms with Gasteiger partial charge in [0, 0.05) is 10.9 Å². The van der Waals surface area contributed by atoms with Gasteiger partial charge in [-0.3, -0.25) is 9.59 Å². The Labute approximate surface area is 123 Å². The molecule has 0 unspecified atom stereocenters. The van der Waals surface area contributed by atoms with Crippen molar-refractivity contribution >= 4 is 23.6 Å². The lowest BCUT2D eigenvalue weighted by Crippen LogP contribution is -2.43. The molecule has 4 nitrogen and oxygen atoms in total. The molecule has 0 spiro atoms. The van der Waals surface area contributed by atoms with Crippen LogP contribution in [-0.4, -0.2) is 40.2 Å². The van der Waals surface area contributed by atoms with Gasteiger partial charge in [-0.25, -0.2) is 0 Å². The van der Waals surface area contributed by atoms with Crippen LogP contribution in [-0.2, 0) is 9.59 Å². The molecule has 0 saturated heterocycles. The number of thioether (sulfide) groups is 1. The van der Waals surface area contributed by atoms with Crippen molar-refractivity contribution in [2.24, 2.45) is 0 Å². The fourth-order valence-corrected chi connectivity index (χ4v) is 3.33. The molecular weight excluding hydrogens is 274 g/mol. The molecule has 1 fully saturated rings. The Morgan fingerprint density at radius 3 is 2.45 bits per heavy atom. The Hall–Kier alpha value is -1.49. The van der Waals surface area contributed by atoms with E-state index in [-0.39, 0.29) is 18.5 Å². The zero-order valence-electron chi connectivity index (χ0n) is 11.3. The van der Waals surface area contributed by atoms with E-state index in [1.54, 1.807) is 4.90 Å². The second-order valence-corrected chi connectivity index (χ2v) is 6.00. The highest BCUT2D eigenvalue weighted by Gasteiger charge is 2.28. The number of carboxylic acids is 1. The van der Waals surface area contributed by atoms with Gasteiger partial charge in [-0.2, -0.15) is 0 Å². The van der Waals surface area contributed by atoms with E-state index in [0.29, 0.717) is 5.75 Å². The normalized spacial score (nSPS) is 15.2. The van der Waals surface area contributed by atoms with Crippen LogP contribution in [0.25, 0.3) is 0 Å². The maximum atomic E-state index is 12.3. The summed E-state index contributed by atoms with van der Waals surface area (Å²) in [7, 11) is 0. The Morgan fingerprint density at radius 1 is 1.20 bits per heavy atom. The lowest BCUT2D eigenvalue weighted by atomic mass is 10.2. The second-order valence-electron chi connectivity index (χ2n) is 4.96. The lowest BCUT2D eigenvalue weighted by Gasteiger charge is -2.27. The molecule has 1 aromatic rings. The van der Waals surface area contributed by atoms with E-state index in [1.165, 1.54) is 11.8 Å². The summed E-state index contributed by atoms with van der Waals surface area (Å²) in [5.74, 6) is -0.712. The van der Waals surface area contributed by atoms with Gasteiger partial charge >= 0.3 is 5.97 Å². The molecule has 0 radical (unpaired) electrons. The quantitative estimate of drug-likeness (QED) is 0.819. The van der Waals surface area contributed by atoms with Crippen molar-refractivity contribution < 1.29 is 14.7 Å². The molecule has 1 saturated carbocycles. The third-order valence-corrected chi connectivity index (χ3v) is 4.49. The maximum Gasteiger partial charge on any atom is 0.323 e. The summed E-state index contributed by atoms with van der Waals surface area (Å²) in [4.78, 5) is 25.8. The Kier molecular flexibility index (Phi) is 5.47. The zero-order chi connectivity index (χ0) is 14.4. The molecular formula is C15H19NO3S. The topological polar surface area (TPSA) is 57.6 Å². The fourth-order valence-electron chi connectivity index (χ4n) is 2.53. The van der Waals surface area contributed by atoms with Crippen LogP contribution in [0.2, 0.25) is 0 Å². The minimum atomic E-state index is -0.935. The summed E-state index contributed by atoms with van der Waals surface area (Å²) in [5, 5.41) is 8.98. The van der Waals surface area contributed by atoms with Gasteiger partial charge in [-0.15, -0.1) is 11.8 Å². The first kappa shape index (κ1) is 14.9. The number of hydrogen-bond acceptors (Lipinski definition) is 3. The number of amides is 1. The standard InChI is InChI=1S/C15H19NO3S/c17-14(11-20-13-8-2-1-3-9-13)16(10-15(18)19)12-6-4-5-7-12/h1-3,8-9,12H,4-7,10-11H2,(H,18,19). The number of aliphatic carboxylic acids is 1. The van der Waals surface area contributed by atoms with Gasteiger partial charge in [0.25, 0.3) is 0 Å². The Morgan fingerprint density at radius 2 is 1.85 bits per heavy atom. The van der Waals surface area contributed by atoms with Gasteiger partial charge in [0.2, 0.25) is 5.91 Å². The van der Waals surface area contributed by atoms with E-state index < -0.39 is 5.97 Å². The number of rotatable bonds is 6. The van der Waals surface area contributed by atoms with Crippen LogP contribution in [0.1, 0.15) is 25.7 Å². The number of carboxylic acid groups (broad SMARTS) is 1. The van der Waals surface area contributed by atoms with Gasteiger partial charge in [0.1, 0.15) is 6.54 Å². The van der Waals surface area contributed by atoms with Gasteiger partial charge in [-0.05, 0) is 25.0 Å². The molecule has 2 rings (SSSR count). The fraction of sp³-hybridized carbons (Fsp3) is 0.467. The molecule has 108 valence electrons.